The smallest absolute Gasteiger partial charge is 0.269 e. The first-order chi connectivity index (χ1) is 14.0. The van der Waals surface area contributed by atoms with Crippen LogP contribution in [0.2, 0.25) is 0 Å². The number of nitro benzene ring substituents is 1. The number of furan rings is 1. The number of thioether (sulfide) groups is 1. The molecule has 2 heterocycles. The molecule has 1 unspecified atom stereocenters. The first kappa shape index (κ1) is 18.9. The highest BCUT2D eigenvalue weighted by atomic mass is 32.2. The fraction of sp³-hybridized carbons (Fsp3) is 0.143. The van der Waals surface area contributed by atoms with Gasteiger partial charge < -0.3 is 4.42 Å². The lowest BCUT2D eigenvalue weighted by Gasteiger charge is -2.14. The van der Waals surface area contributed by atoms with Crippen LogP contribution < -0.4 is 0 Å². The molecule has 29 heavy (non-hydrogen) atoms. The van der Waals surface area contributed by atoms with Gasteiger partial charge in [-0.15, -0.1) is 10.2 Å². The van der Waals surface area contributed by atoms with Crippen molar-refractivity contribution in [3.05, 3.63) is 88.4 Å². The molecule has 0 amide bonds. The summed E-state index contributed by atoms with van der Waals surface area (Å²) >= 11 is 1.50. The maximum Gasteiger partial charge on any atom is 0.269 e. The Morgan fingerprint density at radius 3 is 2.59 bits per heavy atom. The SMILES string of the molecule is Cc1occc1-c1nnc(SC(C)c2cccc([N+](=O)[O-])c2)n1-c1ccccc1. The van der Waals surface area contributed by atoms with Crippen LogP contribution >= 0.6 is 11.8 Å². The molecular formula is C21H18N4O3S. The molecule has 2 aromatic heterocycles. The molecule has 0 radical (unpaired) electrons. The molecule has 0 aliphatic heterocycles. The normalized spacial score (nSPS) is 12.1. The van der Waals surface area contributed by atoms with E-state index < -0.39 is 0 Å². The fourth-order valence-electron chi connectivity index (χ4n) is 3.06. The Morgan fingerprint density at radius 2 is 1.90 bits per heavy atom. The summed E-state index contributed by atoms with van der Waals surface area (Å²) in [5.41, 5.74) is 2.74. The number of benzene rings is 2. The van der Waals surface area contributed by atoms with Gasteiger partial charge in [0.15, 0.2) is 11.0 Å². The van der Waals surface area contributed by atoms with E-state index in [0.29, 0.717) is 11.0 Å². The van der Waals surface area contributed by atoms with Crippen LogP contribution in [0.15, 0.2) is 76.5 Å². The molecule has 1 atom stereocenters. The zero-order valence-electron chi connectivity index (χ0n) is 15.9. The number of aryl methyl sites for hydroxylation is 1. The monoisotopic (exact) mass is 406 g/mol. The number of nitro groups is 1. The average Bonchev–Trinajstić information content (AvgIpc) is 3.34. The zero-order chi connectivity index (χ0) is 20.4. The number of rotatable bonds is 6. The van der Waals surface area contributed by atoms with Crippen molar-refractivity contribution in [2.75, 3.05) is 0 Å². The van der Waals surface area contributed by atoms with Crippen molar-refractivity contribution in [1.29, 1.82) is 0 Å². The Balaban J connectivity index is 1.75. The van der Waals surface area contributed by atoms with Crippen LogP contribution in [0.3, 0.4) is 0 Å². The highest BCUT2D eigenvalue weighted by molar-refractivity contribution is 7.99. The van der Waals surface area contributed by atoms with Gasteiger partial charge in [0.05, 0.1) is 16.7 Å². The lowest BCUT2D eigenvalue weighted by atomic mass is 10.1. The largest absolute Gasteiger partial charge is 0.469 e. The second kappa shape index (κ2) is 7.92. The van der Waals surface area contributed by atoms with E-state index in [2.05, 4.69) is 10.2 Å². The summed E-state index contributed by atoms with van der Waals surface area (Å²) in [6.07, 6.45) is 1.63. The van der Waals surface area contributed by atoms with Crippen molar-refractivity contribution in [3.63, 3.8) is 0 Å². The molecule has 4 rings (SSSR count). The van der Waals surface area contributed by atoms with Crippen molar-refractivity contribution in [2.45, 2.75) is 24.3 Å². The van der Waals surface area contributed by atoms with Gasteiger partial charge in [0, 0.05) is 23.1 Å². The molecule has 146 valence electrons. The second-order valence-electron chi connectivity index (χ2n) is 6.48. The van der Waals surface area contributed by atoms with Crippen molar-refractivity contribution in [3.8, 4) is 17.1 Å². The Kier molecular flexibility index (Phi) is 5.18. The molecule has 0 aliphatic rings. The molecule has 0 saturated heterocycles. The molecule has 0 saturated carbocycles. The van der Waals surface area contributed by atoms with Gasteiger partial charge in [-0.25, -0.2) is 0 Å². The van der Waals surface area contributed by atoms with Gasteiger partial charge in [-0.3, -0.25) is 14.7 Å². The lowest BCUT2D eigenvalue weighted by Crippen LogP contribution is -2.01. The van der Waals surface area contributed by atoms with Gasteiger partial charge in [-0.05, 0) is 37.6 Å². The van der Waals surface area contributed by atoms with Crippen LogP contribution in [0.1, 0.15) is 23.5 Å². The molecule has 0 fully saturated rings. The third kappa shape index (κ3) is 3.79. The topological polar surface area (TPSA) is 87.0 Å². The quantitative estimate of drug-likeness (QED) is 0.235. The molecule has 7 nitrogen and oxygen atoms in total. The van der Waals surface area contributed by atoms with Crippen molar-refractivity contribution in [1.82, 2.24) is 14.8 Å². The fourth-order valence-corrected chi connectivity index (χ4v) is 4.05. The molecular weight excluding hydrogens is 388 g/mol. The molecule has 2 aromatic carbocycles. The van der Waals surface area contributed by atoms with Crippen LogP contribution in [-0.2, 0) is 0 Å². The van der Waals surface area contributed by atoms with Crippen LogP contribution in [0.5, 0.6) is 0 Å². The van der Waals surface area contributed by atoms with Crippen molar-refractivity contribution < 1.29 is 9.34 Å². The number of para-hydroxylation sites is 1. The van der Waals surface area contributed by atoms with E-state index in [0.717, 1.165) is 22.6 Å². The van der Waals surface area contributed by atoms with E-state index in [-0.39, 0.29) is 15.9 Å². The molecule has 0 bridgehead atoms. The standard InChI is InChI=1S/C21H18N4O3S/c1-14-19(11-12-28-14)20-22-23-21(24(20)17-8-4-3-5-9-17)29-15(2)16-7-6-10-18(13-16)25(26)27/h3-13,15H,1-2H3. The van der Waals surface area contributed by atoms with Gasteiger partial charge in [-0.1, -0.05) is 42.1 Å². The van der Waals surface area contributed by atoms with E-state index in [1.165, 1.54) is 17.8 Å². The Labute approximate surface area is 171 Å². The number of non-ortho nitro benzene ring substituents is 1. The van der Waals surface area contributed by atoms with E-state index >= 15 is 0 Å². The first-order valence-electron chi connectivity index (χ1n) is 9.01. The maximum atomic E-state index is 11.1. The Bertz CT molecular complexity index is 1150. The summed E-state index contributed by atoms with van der Waals surface area (Å²) in [7, 11) is 0. The summed E-state index contributed by atoms with van der Waals surface area (Å²) in [4.78, 5) is 10.7. The molecule has 4 aromatic rings. The lowest BCUT2D eigenvalue weighted by molar-refractivity contribution is -0.384. The molecule has 0 aliphatic carbocycles. The van der Waals surface area contributed by atoms with Gasteiger partial charge in [0.2, 0.25) is 0 Å². The number of hydrogen-bond acceptors (Lipinski definition) is 6. The van der Waals surface area contributed by atoms with Crippen LogP contribution in [0.25, 0.3) is 17.1 Å². The van der Waals surface area contributed by atoms with Crippen LogP contribution in [0, 0.1) is 17.0 Å². The van der Waals surface area contributed by atoms with Crippen molar-refractivity contribution in [2.24, 2.45) is 0 Å². The minimum Gasteiger partial charge on any atom is -0.469 e. The highest BCUT2D eigenvalue weighted by Gasteiger charge is 2.21. The van der Waals surface area contributed by atoms with Crippen LogP contribution in [0.4, 0.5) is 5.69 Å². The van der Waals surface area contributed by atoms with Gasteiger partial charge >= 0.3 is 0 Å². The van der Waals surface area contributed by atoms with Crippen LogP contribution in [-0.4, -0.2) is 19.7 Å². The molecule has 8 heteroatoms. The summed E-state index contributed by atoms with van der Waals surface area (Å²) in [5.74, 6) is 1.45. The number of nitrogens with zero attached hydrogens (tertiary/aromatic N) is 4. The average molecular weight is 406 g/mol. The van der Waals surface area contributed by atoms with Gasteiger partial charge in [-0.2, -0.15) is 0 Å². The molecule has 0 spiro atoms. The third-order valence-electron chi connectivity index (χ3n) is 4.58. The van der Waals surface area contributed by atoms with Gasteiger partial charge in [0.25, 0.3) is 5.69 Å². The van der Waals surface area contributed by atoms with E-state index in [1.54, 1.807) is 18.4 Å². The number of aromatic nitrogens is 3. The summed E-state index contributed by atoms with van der Waals surface area (Å²) in [5, 5.41) is 20.6. The van der Waals surface area contributed by atoms with E-state index in [1.807, 2.05) is 60.9 Å². The predicted molar refractivity (Wildman–Crippen MR) is 111 cm³/mol. The Morgan fingerprint density at radius 1 is 1.10 bits per heavy atom. The summed E-state index contributed by atoms with van der Waals surface area (Å²) in [6, 6.07) is 18.4. The third-order valence-corrected chi connectivity index (χ3v) is 5.68. The second-order valence-corrected chi connectivity index (χ2v) is 7.79. The Hall–Kier alpha value is -3.39. The summed E-state index contributed by atoms with van der Waals surface area (Å²) < 4.78 is 7.44. The maximum absolute atomic E-state index is 11.1. The van der Waals surface area contributed by atoms with E-state index in [9.17, 15) is 10.1 Å². The summed E-state index contributed by atoms with van der Waals surface area (Å²) in [6.45, 7) is 3.88. The number of hydrogen-bond donors (Lipinski definition) is 0. The minimum absolute atomic E-state index is 0.0557. The van der Waals surface area contributed by atoms with Gasteiger partial charge in [0.1, 0.15) is 5.76 Å². The van der Waals surface area contributed by atoms with Crippen molar-refractivity contribution >= 4 is 17.4 Å². The predicted octanol–water partition coefficient (Wildman–Crippen LogP) is 5.60. The molecule has 0 N–H and O–H groups in total. The minimum atomic E-state index is -0.382. The highest BCUT2D eigenvalue weighted by Crippen LogP contribution is 2.38. The van der Waals surface area contributed by atoms with E-state index in [4.69, 9.17) is 4.42 Å². The first-order valence-corrected chi connectivity index (χ1v) is 9.89. The zero-order valence-corrected chi connectivity index (χ0v) is 16.7.